The SMILES string of the molecule is CSc1nccc(-n2cc(C)c(C)n2)n1. The molecule has 0 saturated heterocycles. The zero-order valence-electron chi connectivity index (χ0n) is 8.93. The topological polar surface area (TPSA) is 43.6 Å². The lowest BCUT2D eigenvalue weighted by Gasteiger charge is -2.00. The second kappa shape index (κ2) is 4.02. The van der Waals surface area contributed by atoms with E-state index >= 15 is 0 Å². The van der Waals surface area contributed by atoms with Crippen molar-refractivity contribution in [3.05, 3.63) is 29.7 Å². The van der Waals surface area contributed by atoms with E-state index < -0.39 is 0 Å². The lowest BCUT2D eigenvalue weighted by atomic mass is 10.3. The molecule has 0 bridgehead atoms. The highest BCUT2D eigenvalue weighted by Gasteiger charge is 2.04. The largest absolute Gasteiger partial charge is 0.231 e. The molecule has 0 spiro atoms. The predicted molar refractivity (Wildman–Crippen MR) is 60.4 cm³/mol. The third-order valence-corrected chi connectivity index (χ3v) is 2.74. The second-order valence-electron chi connectivity index (χ2n) is 3.24. The normalized spacial score (nSPS) is 10.6. The lowest BCUT2D eigenvalue weighted by molar-refractivity contribution is 0.798. The highest BCUT2D eigenvalue weighted by Crippen LogP contribution is 2.12. The molecule has 0 N–H and O–H groups in total. The molecule has 4 nitrogen and oxygen atoms in total. The molecule has 0 atom stereocenters. The molecule has 0 aliphatic carbocycles. The van der Waals surface area contributed by atoms with Crippen LogP contribution < -0.4 is 0 Å². The Bertz CT molecular complexity index is 459. The molecule has 0 aliphatic heterocycles. The van der Waals surface area contributed by atoms with Crippen LogP contribution >= 0.6 is 11.8 Å². The van der Waals surface area contributed by atoms with Gasteiger partial charge in [-0.1, -0.05) is 11.8 Å². The average Bonchev–Trinajstić information content (AvgIpc) is 2.59. The number of thioether (sulfide) groups is 1. The molecule has 15 heavy (non-hydrogen) atoms. The smallest absolute Gasteiger partial charge is 0.189 e. The average molecular weight is 220 g/mol. The Morgan fingerprint density at radius 2 is 2.13 bits per heavy atom. The van der Waals surface area contributed by atoms with E-state index in [9.17, 15) is 0 Å². The van der Waals surface area contributed by atoms with Crippen molar-refractivity contribution in [1.29, 1.82) is 0 Å². The summed E-state index contributed by atoms with van der Waals surface area (Å²) in [4.78, 5) is 8.49. The third-order valence-electron chi connectivity index (χ3n) is 2.18. The molecule has 0 unspecified atom stereocenters. The molecular weight excluding hydrogens is 208 g/mol. The summed E-state index contributed by atoms with van der Waals surface area (Å²) < 4.78 is 1.78. The zero-order valence-corrected chi connectivity index (χ0v) is 9.75. The Hall–Kier alpha value is -1.36. The predicted octanol–water partition coefficient (Wildman–Crippen LogP) is 2.00. The maximum Gasteiger partial charge on any atom is 0.189 e. The minimum absolute atomic E-state index is 0.762. The maximum absolute atomic E-state index is 4.37. The van der Waals surface area contributed by atoms with Gasteiger partial charge in [-0.05, 0) is 25.7 Å². The lowest BCUT2D eigenvalue weighted by Crippen LogP contribution is -1.99. The monoisotopic (exact) mass is 220 g/mol. The van der Waals surface area contributed by atoms with Crippen LogP contribution in [0.1, 0.15) is 11.3 Å². The Balaban J connectivity index is 2.44. The van der Waals surface area contributed by atoms with E-state index in [1.807, 2.05) is 32.4 Å². The van der Waals surface area contributed by atoms with Crippen molar-refractivity contribution < 1.29 is 0 Å². The molecule has 2 rings (SSSR count). The molecule has 0 saturated carbocycles. The van der Waals surface area contributed by atoms with E-state index in [0.717, 1.165) is 16.7 Å². The minimum atomic E-state index is 0.762. The van der Waals surface area contributed by atoms with Gasteiger partial charge in [0, 0.05) is 18.5 Å². The summed E-state index contributed by atoms with van der Waals surface area (Å²) in [6.07, 6.45) is 5.68. The van der Waals surface area contributed by atoms with Crippen molar-refractivity contribution >= 4 is 11.8 Å². The van der Waals surface area contributed by atoms with Crippen molar-refractivity contribution in [2.75, 3.05) is 6.26 Å². The van der Waals surface area contributed by atoms with Crippen molar-refractivity contribution in [3.8, 4) is 5.82 Å². The summed E-state index contributed by atoms with van der Waals surface area (Å²) in [6.45, 7) is 4.03. The number of rotatable bonds is 2. The second-order valence-corrected chi connectivity index (χ2v) is 4.02. The van der Waals surface area contributed by atoms with Gasteiger partial charge in [0.2, 0.25) is 0 Å². The van der Waals surface area contributed by atoms with Crippen molar-refractivity contribution in [3.63, 3.8) is 0 Å². The standard InChI is InChI=1S/C10H12N4S/c1-7-6-14(13-8(7)2)9-4-5-11-10(12-9)15-3/h4-6H,1-3H3. The zero-order chi connectivity index (χ0) is 10.8. The summed E-state index contributed by atoms with van der Waals surface area (Å²) in [6, 6.07) is 1.85. The van der Waals surface area contributed by atoms with Crippen LogP contribution in [0.3, 0.4) is 0 Å². The van der Waals surface area contributed by atoms with E-state index in [1.165, 1.54) is 17.3 Å². The first-order chi connectivity index (χ1) is 7.20. The van der Waals surface area contributed by atoms with Gasteiger partial charge in [0.15, 0.2) is 11.0 Å². The molecule has 0 fully saturated rings. The van der Waals surface area contributed by atoms with E-state index in [-0.39, 0.29) is 0 Å². The third kappa shape index (κ3) is 2.02. The molecule has 0 amide bonds. The van der Waals surface area contributed by atoms with Crippen LogP contribution in [0.5, 0.6) is 0 Å². The Kier molecular flexibility index (Phi) is 2.73. The van der Waals surface area contributed by atoms with Gasteiger partial charge < -0.3 is 0 Å². The van der Waals surface area contributed by atoms with Crippen LogP contribution in [0, 0.1) is 13.8 Å². The first-order valence-corrected chi connectivity index (χ1v) is 5.83. The Labute approximate surface area is 92.8 Å². The fraction of sp³-hybridized carbons (Fsp3) is 0.300. The Morgan fingerprint density at radius 3 is 2.73 bits per heavy atom. The van der Waals surface area contributed by atoms with Crippen LogP contribution in [0.15, 0.2) is 23.6 Å². The van der Waals surface area contributed by atoms with Gasteiger partial charge in [-0.3, -0.25) is 0 Å². The van der Waals surface area contributed by atoms with Gasteiger partial charge in [-0.2, -0.15) is 5.10 Å². The maximum atomic E-state index is 4.37. The van der Waals surface area contributed by atoms with Crippen LogP contribution in [0.25, 0.3) is 5.82 Å². The fourth-order valence-electron chi connectivity index (χ4n) is 1.22. The van der Waals surface area contributed by atoms with Crippen LogP contribution in [0.2, 0.25) is 0 Å². The molecular formula is C10H12N4S. The molecule has 0 aliphatic rings. The van der Waals surface area contributed by atoms with Crippen LogP contribution in [0.4, 0.5) is 0 Å². The van der Waals surface area contributed by atoms with E-state index in [0.29, 0.717) is 0 Å². The number of aromatic nitrogens is 4. The molecule has 0 aromatic carbocycles. The molecule has 78 valence electrons. The van der Waals surface area contributed by atoms with Gasteiger partial charge in [0.1, 0.15) is 0 Å². The highest BCUT2D eigenvalue weighted by molar-refractivity contribution is 7.98. The van der Waals surface area contributed by atoms with E-state index in [1.54, 1.807) is 10.9 Å². The number of nitrogens with zero attached hydrogens (tertiary/aromatic N) is 4. The molecule has 5 heteroatoms. The summed E-state index contributed by atoms with van der Waals surface area (Å²) in [5, 5.41) is 5.14. The summed E-state index contributed by atoms with van der Waals surface area (Å²) in [5.74, 6) is 0.811. The van der Waals surface area contributed by atoms with Crippen LogP contribution in [-0.2, 0) is 0 Å². The molecule has 2 heterocycles. The Morgan fingerprint density at radius 1 is 1.33 bits per heavy atom. The van der Waals surface area contributed by atoms with Gasteiger partial charge >= 0.3 is 0 Å². The van der Waals surface area contributed by atoms with Crippen LogP contribution in [-0.4, -0.2) is 26.0 Å². The summed E-state index contributed by atoms with van der Waals surface area (Å²) >= 11 is 1.53. The van der Waals surface area contributed by atoms with Gasteiger partial charge in [-0.15, -0.1) is 0 Å². The minimum Gasteiger partial charge on any atom is -0.231 e. The summed E-state index contributed by atoms with van der Waals surface area (Å²) in [7, 11) is 0. The van der Waals surface area contributed by atoms with Gasteiger partial charge in [-0.25, -0.2) is 14.6 Å². The molecule has 0 radical (unpaired) electrons. The van der Waals surface area contributed by atoms with Gasteiger partial charge in [0.05, 0.1) is 5.69 Å². The van der Waals surface area contributed by atoms with Crippen molar-refractivity contribution in [1.82, 2.24) is 19.7 Å². The molecule has 2 aromatic rings. The first kappa shape index (κ1) is 10.2. The van der Waals surface area contributed by atoms with E-state index in [2.05, 4.69) is 15.1 Å². The fourth-order valence-corrected chi connectivity index (χ4v) is 1.57. The van der Waals surface area contributed by atoms with Crippen molar-refractivity contribution in [2.24, 2.45) is 0 Å². The molecule has 2 aromatic heterocycles. The first-order valence-electron chi connectivity index (χ1n) is 4.61. The van der Waals surface area contributed by atoms with Crippen molar-refractivity contribution in [2.45, 2.75) is 19.0 Å². The number of hydrogen-bond acceptors (Lipinski definition) is 4. The summed E-state index contributed by atoms with van der Waals surface area (Å²) in [5.41, 5.74) is 2.19. The number of aryl methyl sites for hydroxylation is 2. The van der Waals surface area contributed by atoms with Gasteiger partial charge in [0.25, 0.3) is 0 Å². The highest BCUT2D eigenvalue weighted by atomic mass is 32.2. The van der Waals surface area contributed by atoms with E-state index in [4.69, 9.17) is 0 Å². The quantitative estimate of drug-likeness (QED) is 0.573. The number of hydrogen-bond donors (Lipinski definition) is 0.